The highest BCUT2D eigenvalue weighted by Crippen LogP contribution is 2.17. The molecule has 0 aliphatic rings. The van der Waals surface area contributed by atoms with Crippen molar-refractivity contribution in [1.82, 2.24) is 4.90 Å². The highest BCUT2D eigenvalue weighted by molar-refractivity contribution is 6.33. The second kappa shape index (κ2) is 9.11. The predicted molar refractivity (Wildman–Crippen MR) is 83.6 cm³/mol. The first-order valence-electron chi connectivity index (χ1n) is 7.03. The van der Waals surface area contributed by atoms with Crippen molar-refractivity contribution in [3.8, 4) is 0 Å². The normalized spacial score (nSPS) is 11.3. The van der Waals surface area contributed by atoms with E-state index in [1.807, 2.05) is 12.1 Å². The van der Waals surface area contributed by atoms with Crippen LogP contribution in [0.5, 0.6) is 0 Å². The number of hydrogen-bond donors (Lipinski definition) is 0. The molecule has 0 N–H and O–H groups in total. The van der Waals surface area contributed by atoms with E-state index in [2.05, 4.69) is 18.7 Å². The molecule has 0 radical (unpaired) electrons. The van der Waals surface area contributed by atoms with E-state index in [1.54, 1.807) is 19.2 Å². The maximum Gasteiger partial charge on any atom is 0.165 e. The number of ketones is 1. The highest BCUT2D eigenvalue weighted by atomic mass is 35.5. The van der Waals surface area contributed by atoms with Gasteiger partial charge in [0.05, 0.1) is 11.6 Å². The molecule has 0 heterocycles. The number of methoxy groups -OCH3 is 1. The molecule has 1 rings (SSSR count). The Kier molecular flexibility index (Phi) is 7.82. The van der Waals surface area contributed by atoms with Crippen LogP contribution in [0.4, 0.5) is 0 Å². The first-order chi connectivity index (χ1) is 9.54. The van der Waals surface area contributed by atoms with E-state index in [1.165, 1.54) is 0 Å². The minimum Gasteiger partial charge on any atom is -0.383 e. The van der Waals surface area contributed by atoms with Gasteiger partial charge in [-0.05, 0) is 18.1 Å². The van der Waals surface area contributed by atoms with E-state index >= 15 is 0 Å². The lowest BCUT2D eigenvalue weighted by atomic mass is 10.1. The van der Waals surface area contributed by atoms with Gasteiger partial charge in [-0.25, -0.2) is 0 Å². The van der Waals surface area contributed by atoms with Gasteiger partial charge in [-0.15, -0.1) is 0 Å². The van der Waals surface area contributed by atoms with E-state index in [0.717, 1.165) is 19.6 Å². The van der Waals surface area contributed by atoms with E-state index in [9.17, 15) is 4.79 Å². The lowest BCUT2D eigenvalue weighted by molar-refractivity contribution is 0.0941. The molecule has 4 heteroatoms. The van der Waals surface area contributed by atoms with Crippen LogP contribution in [-0.4, -0.2) is 44.0 Å². The van der Waals surface area contributed by atoms with Crippen LogP contribution in [0.1, 0.15) is 30.6 Å². The summed E-state index contributed by atoms with van der Waals surface area (Å²) in [5.41, 5.74) is 0.616. The number of carbonyl (C=O) groups excluding carboxylic acids is 1. The van der Waals surface area contributed by atoms with Gasteiger partial charge in [-0.3, -0.25) is 4.79 Å². The maximum absolute atomic E-state index is 12.2. The van der Waals surface area contributed by atoms with Crippen LogP contribution in [0.2, 0.25) is 5.02 Å². The number of benzene rings is 1. The van der Waals surface area contributed by atoms with Crippen molar-refractivity contribution in [3.63, 3.8) is 0 Å². The molecule has 0 spiro atoms. The van der Waals surface area contributed by atoms with Gasteiger partial charge in [0, 0.05) is 38.7 Å². The van der Waals surface area contributed by atoms with Gasteiger partial charge < -0.3 is 9.64 Å². The molecule has 112 valence electrons. The number of hydrogen-bond acceptors (Lipinski definition) is 3. The molecular formula is C16H24ClNO2. The number of rotatable bonds is 9. The summed E-state index contributed by atoms with van der Waals surface area (Å²) in [6.45, 7) is 7.60. The number of halogens is 1. The Morgan fingerprint density at radius 3 is 2.60 bits per heavy atom. The summed E-state index contributed by atoms with van der Waals surface area (Å²) < 4.78 is 5.12. The molecule has 0 aliphatic carbocycles. The van der Waals surface area contributed by atoms with E-state index in [0.29, 0.717) is 29.5 Å². The zero-order valence-electron chi connectivity index (χ0n) is 12.6. The third kappa shape index (κ3) is 6.04. The minimum atomic E-state index is 0.0989. The average Bonchev–Trinajstić information content (AvgIpc) is 2.41. The zero-order chi connectivity index (χ0) is 15.0. The number of nitrogens with zero attached hydrogens (tertiary/aromatic N) is 1. The Hall–Kier alpha value is -0.900. The van der Waals surface area contributed by atoms with E-state index < -0.39 is 0 Å². The molecule has 20 heavy (non-hydrogen) atoms. The third-order valence-electron chi connectivity index (χ3n) is 3.06. The Morgan fingerprint density at radius 2 is 2.00 bits per heavy atom. The number of carbonyl (C=O) groups is 1. The van der Waals surface area contributed by atoms with Gasteiger partial charge in [0.15, 0.2) is 5.78 Å². The van der Waals surface area contributed by atoms with Crippen molar-refractivity contribution in [2.45, 2.75) is 20.3 Å². The van der Waals surface area contributed by atoms with Crippen LogP contribution >= 0.6 is 11.6 Å². The summed E-state index contributed by atoms with van der Waals surface area (Å²) in [6, 6.07) is 7.22. The molecule has 1 aromatic rings. The fraction of sp³-hybridized carbons (Fsp3) is 0.562. The van der Waals surface area contributed by atoms with Gasteiger partial charge in [-0.1, -0.05) is 37.6 Å². The highest BCUT2D eigenvalue weighted by Gasteiger charge is 2.13. The number of ether oxygens (including phenoxy) is 1. The van der Waals surface area contributed by atoms with Crippen molar-refractivity contribution in [2.24, 2.45) is 5.92 Å². The van der Waals surface area contributed by atoms with E-state index in [4.69, 9.17) is 16.3 Å². The Bertz CT molecular complexity index is 421. The average molecular weight is 298 g/mol. The second-order valence-corrected chi connectivity index (χ2v) is 5.75. The first kappa shape index (κ1) is 17.2. The summed E-state index contributed by atoms with van der Waals surface area (Å²) >= 11 is 6.05. The molecule has 0 atom stereocenters. The molecule has 0 amide bonds. The SMILES string of the molecule is COCCN(CCC(=O)c1ccccc1Cl)CC(C)C. The fourth-order valence-corrected chi connectivity index (χ4v) is 2.35. The molecule has 0 saturated carbocycles. The number of Topliss-reactive ketones (excluding diaryl/α,β-unsaturated/α-hetero) is 1. The Labute approximate surface area is 126 Å². The summed E-state index contributed by atoms with van der Waals surface area (Å²) in [4.78, 5) is 14.5. The molecule has 1 aromatic carbocycles. The largest absolute Gasteiger partial charge is 0.383 e. The minimum absolute atomic E-state index is 0.0989. The summed E-state index contributed by atoms with van der Waals surface area (Å²) in [7, 11) is 1.70. The second-order valence-electron chi connectivity index (χ2n) is 5.34. The molecule has 0 aromatic heterocycles. The monoisotopic (exact) mass is 297 g/mol. The lowest BCUT2D eigenvalue weighted by Gasteiger charge is -2.23. The summed E-state index contributed by atoms with van der Waals surface area (Å²) in [6.07, 6.45) is 0.486. The molecule has 0 saturated heterocycles. The van der Waals surface area contributed by atoms with Gasteiger partial charge in [0.1, 0.15) is 0 Å². The van der Waals surface area contributed by atoms with Crippen LogP contribution in [0.15, 0.2) is 24.3 Å². The summed E-state index contributed by atoms with van der Waals surface area (Å²) in [5.74, 6) is 0.670. The zero-order valence-corrected chi connectivity index (χ0v) is 13.3. The smallest absolute Gasteiger partial charge is 0.165 e. The topological polar surface area (TPSA) is 29.5 Å². The molecular weight excluding hydrogens is 274 g/mol. The van der Waals surface area contributed by atoms with Crippen molar-refractivity contribution in [3.05, 3.63) is 34.9 Å². The van der Waals surface area contributed by atoms with Gasteiger partial charge in [-0.2, -0.15) is 0 Å². The van der Waals surface area contributed by atoms with Crippen LogP contribution in [-0.2, 0) is 4.74 Å². The Balaban J connectivity index is 2.53. The van der Waals surface area contributed by atoms with Crippen LogP contribution in [0, 0.1) is 5.92 Å². The van der Waals surface area contributed by atoms with Crippen LogP contribution in [0.3, 0.4) is 0 Å². The molecule has 0 unspecified atom stereocenters. The molecule has 0 fully saturated rings. The third-order valence-corrected chi connectivity index (χ3v) is 3.39. The lowest BCUT2D eigenvalue weighted by Crippen LogP contribution is -2.33. The standard InChI is InChI=1S/C16H24ClNO2/c1-13(2)12-18(10-11-20-3)9-8-16(19)14-6-4-5-7-15(14)17/h4-7,13H,8-12H2,1-3H3. The predicted octanol–water partition coefficient (Wildman–Crippen LogP) is 3.52. The van der Waals surface area contributed by atoms with Gasteiger partial charge >= 0.3 is 0 Å². The molecule has 3 nitrogen and oxygen atoms in total. The van der Waals surface area contributed by atoms with Crippen LogP contribution in [0.25, 0.3) is 0 Å². The fourth-order valence-electron chi connectivity index (χ4n) is 2.11. The van der Waals surface area contributed by atoms with Gasteiger partial charge in [0.2, 0.25) is 0 Å². The van der Waals surface area contributed by atoms with E-state index in [-0.39, 0.29) is 5.78 Å². The quantitative estimate of drug-likeness (QED) is 0.653. The maximum atomic E-state index is 12.2. The van der Waals surface area contributed by atoms with Crippen molar-refractivity contribution < 1.29 is 9.53 Å². The van der Waals surface area contributed by atoms with Gasteiger partial charge in [0.25, 0.3) is 0 Å². The van der Waals surface area contributed by atoms with Crippen molar-refractivity contribution >= 4 is 17.4 Å². The first-order valence-corrected chi connectivity index (χ1v) is 7.41. The molecule has 0 bridgehead atoms. The summed E-state index contributed by atoms with van der Waals surface area (Å²) in [5, 5.41) is 0.532. The van der Waals surface area contributed by atoms with Crippen molar-refractivity contribution in [2.75, 3.05) is 33.4 Å². The Morgan fingerprint density at radius 1 is 1.30 bits per heavy atom. The van der Waals surface area contributed by atoms with Crippen LogP contribution < -0.4 is 0 Å². The van der Waals surface area contributed by atoms with Crippen molar-refractivity contribution in [1.29, 1.82) is 0 Å². The molecule has 0 aliphatic heterocycles.